The minimum atomic E-state index is -0.148. The second-order valence-corrected chi connectivity index (χ2v) is 5.92. The van der Waals surface area contributed by atoms with Gasteiger partial charge < -0.3 is 10.1 Å². The van der Waals surface area contributed by atoms with Crippen LogP contribution in [0.3, 0.4) is 0 Å². The molecule has 2 aromatic carbocycles. The molecule has 1 amide bonds. The normalized spacial score (nSPS) is 10.5. The zero-order chi connectivity index (χ0) is 15.4. The van der Waals surface area contributed by atoms with Gasteiger partial charge in [-0.2, -0.15) is 0 Å². The highest BCUT2D eigenvalue weighted by Crippen LogP contribution is 2.24. The Morgan fingerprint density at radius 3 is 2.62 bits per heavy atom. The molecule has 2 aromatic rings. The van der Waals surface area contributed by atoms with E-state index >= 15 is 0 Å². The topological polar surface area (TPSA) is 38.3 Å². The SMILES string of the molecule is Cc1c(Br)cccc1NC(=O)c1cccc(OC(C)C)c1. The van der Waals surface area contributed by atoms with Gasteiger partial charge in [0.25, 0.3) is 5.91 Å². The Labute approximate surface area is 133 Å². The van der Waals surface area contributed by atoms with E-state index in [1.807, 2.05) is 51.1 Å². The molecule has 0 heterocycles. The first-order chi connectivity index (χ1) is 9.97. The third-order valence-corrected chi connectivity index (χ3v) is 3.84. The molecule has 0 fully saturated rings. The number of carbonyl (C=O) groups excluding carboxylic acids is 1. The van der Waals surface area contributed by atoms with Crippen molar-refractivity contribution in [2.75, 3.05) is 5.32 Å². The van der Waals surface area contributed by atoms with E-state index in [4.69, 9.17) is 4.74 Å². The Kier molecular flexibility index (Phi) is 5.02. The molecule has 2 rings (SSSR count). The summed E-state index contributed by atoms with van der Waals surface area (Å²) < 4.78 is 6.58. The minimum absolute atomic E-state index is 0.0793. The lowest BCUT2D eigenvalue weighted by atomic mass is 10.1. The predicted molar refractivity (Wildman–Crippen MR) is 89.0 cm³/mol. The van der Waals surface area contributed by atoms with Crippen molar-refractivity contribution in [3.05, 3.63) is 58.1 Å². The second kappa shape index (κ2) is 6.76. The number of hydrogen-bond donors (Lipinski definition) is 1. The molecule has 0 saturated heterocycles. The maximum Gasteiger partial charge on any atom is 0.255 e. The molecular formula is C17H18BrNO2. The maximum atomic E-state index is 12.3. The van der Waals surface area contributed by atoms with Crippen molar-refractivity contribution >= 4 is 27.5 Å². The molecule has 0 radical (unpaired) electrons. The van der Waals surface area contributed by atoms with Crippen LogP contribution in [-0.2, 0) is 0 Å². The number of halogens is 1. The van der Waals surface area contributed by atoms with Crippen LogP contribution in [0.15, 0.2) is 46.9 Å². The van der Waals surface area contributed by atoms with Gasteiger partial charge in [0.15, 0.2) is 0 Å². The van der Waals surface area contributed by atoms with Crippen LogP contribution in [0.4, 0.5) is 5.69 Å². The van der Waals surface area contributed by atoms with Crippen LogP contribution >= 0.6 is 15.9 Å². The quantitative estimate of drug-likeness (QED) is 0.862. The Bertz CT molecular complexity index is 653. The largest absolute Gasteiger partial charge is 0.491 e. The van der Waals surface area contributed by atoms with E-state index in [1.54, 1.807) is 12.1 Å². The molecule has 0 aliphatic rings. The van der Waals surface area contributed by atoms with Crippen molar-refractivity contribution in [2.24, 2.45) is 0 Å². The van der Waals surface area contributed by atoms with E-state index in [1.165, 1.54) is 0 Å². The van der Waals surface area contributed by atoms with Gasteiger partial charge in [0, 0.05) is 15.7 Å². The van der Waals surface area contributed by atoms with E-state index in [0.717, 1.165) is 15.7 Å². The fraction of sp³-hybridized carbons (Fsp3) is 0.235. The molecule has 0 unspecified atom stereocenters. The first-order valence-corrected chi connectivity index (χ1v) is 7.60. The molecular weight excluding hydrogens is 330 g/mol. The summed E-state index contributed by atoms with van der Waals surface area (Å²) in [6.07, 6.45) is 0.0793. The summed E-state index contributed by atoms with van der Waals surface area (Å²) in [5.41, 5.74) is 2.37. The van der Waals surface area contributed by atoms with Gasteiger partial charge in [0.05, 0.1) is 6.10 Å². The van der Waals surface area contributed by atoms with Crippen LogP contribution in [0.2, 0.25) is 0 Å². The van der Waals surface area contributed by atoms with Gasteiger partial charge in [0.1, 0.15) is 5.75 Å². The number of carbonyl (C=O) groups is 1. The zero-order valence-electron chi connectivity index (χ0n) is 12.3. The number of benzene rings is 2. The first kappa shape index (κ1) is 15.6. The van der Waals surface area contributed by atoms with E-state index in [2.05, 4.69) is 21.2 Å². The number of rotatable bonds is 4. The fourth-order valence-corrected chi connectivity index (χ4v) is 2.29. The summed E-state index contributed by atoms with van der Waals surface area (Å²) in [5, 5.41) is 2.92. The zero-order valence-corrected chi connectivity index (χ0v) is 13.9. The summed E-state index contributed by atoms with van der Waals surface area (Å²) in [6, 6.07) is 12.9. The first-order valence-electron chi connectivity index (χ1n) is 6.80. The van der Waals surface area contributed by atoms with Gasteiger partial charge in [-0.05, 0) is 56.7 Å². The van der Waals surface area contributed by atoms with Gasteiger partial charge >= 0.3 is 0 Å². The number of ether oxygens (including phenoxy) is 1. The van der Waals surface area contributed by atoms with Gasteiger partial charge in [-0.3, -0.25) is 4.79 Å². The molecule has 110 valence electrons. The lowest BCUT2D eigenvalue weighted by molar-refractivity contribution is 0.102. The summed E-state index contributed by atoms with van der Waals surface area (Å²) in [5.74, 6) is 0.550. The molecule has 0 aliphatic carbocycles. The van der Waals surface area contributed by atoms with Crippen molar-refractivity contribution in [3.8, 4) is 5.75 Å². The highest BCUT2D eigenvalue weighted by Gasteiger charge is 2.10. The Morgan fingerprint density at radius 2 is 1.90 bits per heavy atom. The smallest absolute Gasteiger partial charge is 0.255 e. The Balaban J connectivity index is 2.18. The second-order valence-electron chi connectivity index (χ2n) is 5.06. The number of amides is 1. The lowest BCUT2D eigenvalue weighted by Gasteiger charge is -2.12. The minimum Gasteiger partial charge on any atom is -0.491 e. The molecule has 21 heavy (non-hydrogen) atoms. The van der Waals surface area contributed by atoms with Gasteiger partial charge in [-0.15, -0.1) is 0 Å². The van der Waals surface area contributed by atoms with Crippen LogP contribution in [0, 0.1) is 6.92 Å². The van der Waals surface area contributed by atoms with Crippen molar-refractivity contribution in [1.29, 1.82) is 0 Å². The van der Waals surface area contributed by atoms with Crippen LogP contribution in [0.25, 0.3) is 0 Å². The lowest BCUT2D eigenvalue weighted by Crippen LogP contribution is -2.13. The number of nitrogens with one attached hydrogen (secondary N) is 1. The fourth-order valence-electron chi connectivity index (χ4n) is 1.92. The predicted octanol–water partition coefficient (Wildman–Crippen LogP) is 4.80. The van der Waals surface area contributed by atoms with Gasteiger partial charge in [-0.1, -0.05) is 28.1 Å². The van der Waals surface area contributed by atoms with E-state index in [0.29, 0.717) is 11.3 Å². The average molecular weight is 348 g/mol. The monoisotopic (exact) mass is 347 g/mol. The number of anilines is 1. The van der Waals surface area contributed by atoms with Crippen molar-refractivity contribution in [1.82, 2.24) is 0 Å². The molecule has 0 bridgehead atoms. The average Bonchev–Trinajstić information content (AvgIpc) is 2.43. The summed E-state index contributed by atoms with van der Waals surface area (Å²) >= 11 is 3.46. The molecule has 1 N–H and O–H groups in total. The van der Waals surface area contributed by atoms with Crippen molar-refractivity contribution in [3.63, 3.8) is 0 Å². The number of hydrogen-bond acceptors (Lipinski definition) is 2. The molecule has 4 heteroatoms. The third-order valence-electron chi connectivity index (χ3n) is 2.98. The standard InChI is InChI=1S/C17H18BrNO2/c1-11(2)21-14-7-4-6-13(10-14)17(20)19-16-9-5-8-15(18)12(16)3/h4-11H,1-3H3,(H,19,20). The Morgan fingerprint density at radius 1 is 1.19 bits per heavy atom. The molecule has 0 atom stereocenters. The molecule has 0 aliphatic heterocycles. The summed E-state index contributed by atoms with van der Waals surface area (Å²) in [7, 11) is 0. The third kappa shape index (κ3) is 4.08. The summed E-state index contributed by atoms with van der Waals surface area (Å²) in [4.78, 5) is 12.3. The van der Waals surface area contributed by atoms with Crippen LogP contribution in [-0.4, -0.2) is 12.0 Å². The van der Waals surface area contributed by atoms with Crippen molar-refractivity contribution < 1.29 is 9.53 Å². The van der Waals surface area contributed by atoms with E-state index in [-0.39, 0.29) is 12.0 Å². The Hall–Kier alpha value is -1.81. The molecule has 0 aromatic heterocycles. The highest BCUT2D eigenvalue weighted by molar-refractivity contribution is 9.10. The molecule has 3 nitrogen and oxygen atoms in total. The van der Waals surface area contributed by atoms with E-state index in [9.17, 15) is 4.79 Å². The molecule has 0 spiro atoms. The van der Waals surface area contributed by atoms with Gasteiger partial charge in [-0.25, -0.2) is 0 Å². The van der Waals surface area contributed by atoms with Crippen LogP contribution in [0.5, 0.6) is 5.75 Å². The van der Waals surface area contributed by atoms with Crippen LogP contribution in [0.1, 0.15) is 29.8 Å². The summed E-state index contributed by atoms with van der Waals surface area (Å²) in [6.45, 7) is 5.87. The maximum absolute atomic E-state index is 12.3. The van der Waals surface area contributed by atoms with Crippen LogP contribution < -0.4 is 10.1 Å². The van der Waals surface area contributed by atoms with E-state index < -0.39 is 0 Å². The van der Waals surface area contributed by atoms with Gasteiger partial charge in [0.2, 0.25) is 0 Å². The van der Waals surface area contributed by atoms with Crippen molar-refractivity contribution in [2.45, 2.75) is 26.9 Å². The molecule has 0 saturated carbocycles. The highest BCUT2D eigenvalue weighted by atomic mass is 79.9.